The van der Waals surface area contributed by atoms with Crippen LogP contribution in [0, 0.1) is 10.5 Å². The molecule has 5 nitrogen and oxygen atoms in total. The van der Waals surface area contributed by atoms with Crippen LogP contribution in [0.5, 0.6) is 0 Å². The Kier molecular flexibility index (Phi) is 3.91. The van der Waals surface area contributed by atoms with Crippen LogP contribution in [0.2, 0.25) is 0 Å². The second-order valence-corrected chi connectivity index (χ2v) is 6.43. The van der Waals surface area contributed by atoms with E-state index in [4.69, 9.17) is 0 Å². The van der Waals surface area contributed by atoms with Crippen molar-refractivity contribution in [2.75, 3.05) is 0 Å². The number of rotatable bonds is 3. The van der Waals surface area contributed by atoms with Gasteiger partial charge in [-0.05, 0) is 48.4 Å². The van der Waals surface area contributed by atoms with E-state index in [1.54, 1.807) is 10.8 Å². The molecule has 1 aliphatic carbocycles. The number of halogens is 1. The van der Waals surface area contributed by atoms with Gasteiger partial charge in [0.25, 0.3) is 5.56 Å². The minimum absolute atomic E-state index is 0.00789. The lowest BCUT2D eigenvalue weighted by molar-refractivity contribution is 0.461. The largest absolute Gasteiger partial charge is 0.290 e. The monoisotopic (exact) mass is 384 g/mol. The molecule has 0 aromatic carbocycles. The maximum atomic E-state index is 12.1. The van der Waals surface area contributed by atoms with E-state index < -0.39 is 0 Å². The fraction of sp³-hybridized carbons (Fsp3) is 0.500. The first kappa shape index (κ1) is 13.8. The molecule has 0 bridgehead atoms. The molecule has 2 heterocycles. The highest BCUT2D eigenvalue weighted by atomic mass is 127. The molecule has 0 atom stereocenters. The van der Waals surface area contributed by atoms with Crippen molar-refractivity contribution in [3.63, 3.8) is 0 Å². The first-order valence-corrected chi connectivity index (χ1v) is 7.99. The molecule has 0 N–H and O–H groups in total. The second-order valence-electron chi connectivity index (χ2n) is 5.27. The zero-order valence-corrected chi connectivity index (χ0v) is 13.6. The van der Waals surface area contributed by atoms with Crippen molar-refractivity contribution in [3.8, 4) is 0 Å². The molecular formula is C14H17IN4O. The molecule has 1 aliphatic rings. The maximum absolute atomic E-state index is 12.1. The zero-order valence-electron chi connectivity index (χ0n) is 11.4. The fourth-order valence-electron chi connectivity index (χ4n) is 2.73. The summed E-state index contributed by atoms with van der Waals surface area (Å²) in [4.78, 5) is 16.4. The van der Waals surface area contributed by atoms with Crippen LogP contribution in [0.15, 0.2) is 23.3 Å². The lowest BCUT2D eigenvalue weighted by atomic mass is 10.3. The van der Waals surface area contributed by atoms with Gasteiger partial charge in [-0.25, -0.2) is 4.98 Å². The van der Waals surface area contributed by atoms with Crippen LogP contribution in [0.1, 0.15) is 43.2 Å². The van der Waals surface area contributed by atoms with Crippen molar-refractivity contribution >= 4 is 22.6 Å². The van der Waals surface area contributed by atoms with E-state index in [-0.39, 0.29) is 5.56 Å². The third kappa shape index (κ3) is 2.65. The van der Waals surface area contributed by atoms with Gasteiger partial charge in [-0.15, -0.1) is 0 Å². The van der Waals surface area contributed by atoms with Crippen molar-refractivity contribution in [1.29, 1.82) is 0 Å². The van der Waals surface area contributed by atoms with E-state index in [1.807, 2.05) is 41.8 Å². The SMILES string of the molecule is Cc1ncc(I)c(=O)n1Cc1ccn(C2CCCC2)n1. The predicted octanol–water partition coefficient (Wildman–Crippen LogP) is 2.52. The third-order valence-corrected chi connectivity index (χ3v) is 4.63. The van der Waals surface area contributed by atoms with Gasteiger partial charge >= 0.3 is 0 Å². The Balaban J connectivity index is 1.85. The Labute approximate surface area is 131 Å². The molecule has 0 unspecified atom stereocenters. The molecule has 0 spiro atoms. The molecule has 0 amide bonds. The molecular weight excluding hydrogens is 367 g/mol. The normalized spacial score (nSPS) is 15.9. The van der Waals surface area contributed by atoms with E-state index in [9.17, 15) is 4.79 Å². The summed E-state index contributed by atoms with van der Waals surface area (Å²) in [6.45, 7) is 2.35. The third-order valence-electron chi connectivity index (χ3n) is 3.89. The summed E-state index contributed by atoms with van der Waals surface area (Å²) in [7, 11) is 0. The van der Waals surface area contributed by atoms with Crippen LogP contribution in [0.4, 0.5) is 0 Å². The van der Waals surface area contributed by atoms with Crippen molar-refractivity contribution < 1.29 is 0 Å². The molecule has 0 radical (unpaired) electrons. The summed E-state index contributed by atoms with van der Waals surface area (Å²) in [6.07, 6.45) is 8.66. The summed E-state index contributed by atoms with van der Waals surface area (Å²) < 4.78 is 4.39. The van der Waals surface area contributed by atoms with E-state index in [0.29, 0.717) is 16.2 Å². The Morgan fingerprint density at radius 2 is 2.15 bits per heavy atom. The number of aryl methyl sites for hydroxylation is 1. The van der Waals surface area contributed by atoms with Gasteiger partial charge in [0.05, 0.1) is 21.9 Å². The van der Waals surface area contributed by atoms with Gasteiger partial charge in [-0.3, -0.25) is 14.0 Å². The fourth-order valence-corrected chi connectivity index (χ4v) is 3.16. The smallest absolute Gasteiger partial charge is 0.267 e. The van der Waals surface area contributed by atoms with Crippen LogP contribution in [0.25, 0.3) is 0 Å². The lowest BCUT2D eigenvalue weighted by Crippen LogP contribution is -2.26. The maximum Gasteiger partial charge on any atom is 0.267 e. The minimum atomic E-state index is 0.00789. The second kappa shape index (κ2) is 5.67. The molecule has 0 saturated heterocycles. The average molecular weight is 384 g/mol. The van der Waals surface area contributed by atoms with Crippen LogP contribution in [-0.4, -0.2) is 19.3 Å². The summed E-state index contributed by atoms with van der Waals surface area (Å²) in [6, 6.07) is 2.54. The minimum Gasteiger partial charge on any atom is -0.290 e. The quantitative estimate of drug-likeness (QED) is 0.765. The lowest BCUT2D eigenvalue weighted by Gasteiger charge is -2.10. The Bertz CT molecular complexity index is 670. The van der Waals surface area contributed by atoms with Crippen molar-refractivity contribution in [2.45, 2.75) is 45.2 Å². The standard InChI is InChI=1S/C14H17IN4O/c1-10-16-8-13(15)14(20)18(10)9-11-6-7-19(17-11)12-4-2-3-5-12/h6-8,12H,2-5,9H2,1H3. The number of aromatic nitrogens is 4. The molecule has 2 aromatic rings. The van der Waals surface area contributed by atoms with Gasteiger partial charge in [0.2, 0.25) is 0 Å². The number of hydrogen-bond acceptors (Lipinski definition) is 3. The van der Waals surface area contributed by atoms with Crippen molar-refractivity contribution in [2.24, 2.45) is 0 Å². The molecule has 1 saturated carbocycles. The van der Waals surface area contributed by atoms with Gasteiger partial charge in [0.1, 0.15) is 5.82 Å². The summed E-state index contributed by atoms with van der Waals surface area (Å²) in [5.41, 5.74) is 0.930. The Hall–Kier alpha value is -1.18. The van der Waals surface area contributed by atoms with Crippen molar-refractivity contribution in [3.05, 3.63) is 43.9 Å². The first-order chi connectivity index (χ1) is 9.65. The average Bonchev–Trinajstić information content (AvgIpc) is 3.09. The van der Waals surface area contributed by atoms with Gasteiger partial charge in [-0.2, -0.15) is 5.10 Å². The topological polar surface area (TPSA) is 52.7 Å². The van der Waals surface area contributed by atoms with E-state index in [2.05, 4.69) is 14.8 Å². The van der Waals surface area contributed by atoms with Crippen LogP contribution < -0.4 is 5.56 Å². The number of hydrogen-bond donors (Lipinski definition) is 0. The highest BCUT2D eigenvalue weighted by Gasteiger charge is 2.17. The summed E-state index contributed by atoms with van der Waals surface area (Å²) in [5.74, 6) is 0.728. The molecule has 20 heavy (non-hydrogen) atoms. The Morgan fingerprint density at radius 1 is 1.40 bits per heavy atom. The van der Waals surface area contributed by atoms with Gasteiger partial charge in [0, 0.05) is 12.4 Å². The molecule has 106 valence electrons. The van der Waals surface area contributed by atoms with Crippen LogP contribution in [-0.2, 0) is 6.54 Å². The molecule has 6 heteroatoms. The van der Waals surface area contributed by atoms with Crippen molar-refractivity contribution in [1.82, 2.24) is 19.3 Å². The Morgan fingerprint density at radius 3 is 2.90 bits per heavy atom. The highest BCUT2D eigenvalue weighted by Crippen LogP contribution is 2.28. The van der Waals surface area contributed by atoms with Gasteiger partial charge < -0.3 is 0 Å². The van der Waals surface area contributed by atoms with E-state index in [0.717, 1.165) is 11.5 Å². The molecule has 1 fully saturated rings. The number of nitrogens with zero attached hydrogens (tertiary/aromatic N) is 4. The predicted molar refractivity (Wildman–Crippen MR) is 84.8 cm³/mol. The zero-order chi connectivity index (χ0) is 14.1. The van der Waals surface area contributed by atoms with Crippen LogP contribution in [0.3, 0.4) is 0 Å². The van der Waals surface area contributed by atoms with Crippen LogP contribution >= 0.6 is 22.6 Å². The van der Waals surface area contributed by atoms with Gasteiger partial charge in [-0.1, -0.05) is 12.8 Å². The summed E-state index contributed by atoms with van der Waals surface area (Å²) in [5, 5.41) is 4.63. The summed E-state index contributed by atoms with van der Waals surface area (Å²) >= 11 is 2.02. The van der Waals surface area contributed by atoms with E-state index >= 15 is 0 Å². The van der Waals surface area contributed by atoms with E-state index in [1.165, 1.54) is 25.7 Å². The molecule has 2 aromatic heterocycles. The molecule has 0 aliphatic heterocycles. The molecule has 3 rings (SSSR count). The first-order valence-electron chi connectivity index (χ1n) is 6.91. The van der Waals surface area contributed by atoms with Gasteiger partial charge in [0.15, 0.2) is 0 Å². The highest BCUT2D eigenvalue weighted by molar-refractivity contribution is 14.1.